The van der Waals surface area contributed by atoms with Gasteiger partial charge in [0.25, 0.3) is 0 Å². The van der Waals surface area contributed by atoms with E-state index in [0.29, 0.717) is 30.7 Å². The van der Waals surface area contributed by atoms with Crippen molar-refractivity contribution in [2.45, 2.75) is 45.4 Å². The molecule has 1 unspecified atom stereocenters. The molecule has 1 aromatic rings. The predicted octanol–water partition coefficient (Wildman–Crippen LogP) is 1.13. The number of carbonyl (C=O) groups is 1. The Morgan fingerprint density at radius 3 is 2.19 bits per heavy atom. The number of rotatable bonds is 5. The Morgan fingerprint density at radius 1 is 1.24 bits per heavy atom. The van der Waals surface area contributed by atoms with E-state index in [9.17, 15) is 13.2 Å². The van der Waals surface area contributed by atoms with Gasteiger partial charge in [0.2, 0.25) is 0 Å². The van der Waals surface area contributed by atoms with Crippen LogP contribution >= 0.6 is 0 Å². The van der Waals surface area contributed by atoms with Gasteiger partial charge in [0.05, 0.1) is 17.9 Å². The maximum absolute atomic E-state index is 11.6. The normalized spacial score (nSPS) is 20.6. The van der Waals surface area contributed by atoms with Gasteiger partial charge in [-0.2, -0.15) is 0 Å². The molecule has 7 heteroatoms. The average Bonchev–Trinajstić information content (AvgIpc) is 2.78. The smallest absolute Gasteiger partial charge is 0.307 e. The van der Waals surface area contributed by atoms with E-state index in [1.165, 1.54) is 0 Å². The van der Waals surface area contributed by atoms with Crippen molar-refractivity contribution in [2.24, 2.45) is 0 Å². The van der Waals surface area contributed by atoms with E-state index in [0.717, 1.165) is 11.4 Å². The number of aliphatic carboxylic acids is 1. The van der Waals surface area contributed by atoms with Crippen LogP contribution in [0.3, 0.4) is 0 Å². The van der Waals surface area contributed by atoms with Crippen molar-refractivity contribution >= 4 is 15.8 Å². The van der Waals surface area contributed by atoms with Crippen LogP contribution in [0.5, 0.6) is 0 Å². The molecule has 2 heterocycles. The van der Waals surface area contributed by atoms with Crippen molar-refractivity contribution in [3.63, 3.8) is 0 Å². The summed E-state index contributed by atoms with van der Waals surface area (Å²) in [4.78, 5) is 19.9. The van der Waals surface area contributed by atoms with Crippen LogP contribution in [0, 0.1) is 0 Å². The van der Waals surface area contributed by atoms with Crippen LogP contribution in [0.15, 0.2) is 0 Å². The maximum Gasteiger partial charge on any atom is 0.307 e. The Bertz CT molecular complexity index is 630. The van der Waals surface area contributed by atoms with Crippen molar-refractivity contribution in [3.8, 4) is 0 Å². The monoisotopic (exact) mass is 312 g/mol. The van der Waals surface area contributed by atoms with Gasteiger partial charge in [0.1, 0.15) is 5.82 Å². The SMILES string of the molecule is CCc1nc(C2CCS(=O)(=O)C2)nc(CC)c1CC(=O)O. The van der Waals surface area contributed by atoms with E-state index >= 15 is 0 Å². The molecule has 1 aliphatic heterocycles. The standard InChI is InChI=1S/C14H20N2O4S/c1-3-11-10(7-13(17)18)12(4-2)16-14(15-11)9-5-6-21(19,20)8-9/h9H,3-8H2,1-2H3,(H,17,18). The van der Waals surface area contributed by atoms with Gasteiger partial charge in [-0.25, -0.2) is 18.4 Å². The topological polar surface area (TPSA) is 97.2 Å². The third kappa shape index (κ3) is 3.58. The van der Waals surface area contributed by atoms with E-state index in [2.05, 4.69) is 9.97 Å². The number of hydrogen-bond acceptors (Lipinski definition) is 5. The number of carboxylic acids is 1. The first-order chi connectivity index (χ1) is 9.86. The number of hydrogen-bond donors (Lipinski definition) is 1. The first-order valence-corrected chi connectivity index (χ1v) is 8.99. The summed E-state index contributed by atoms with van der Waals surface area (Å²) < 4.78 is 23.2. The molecule has 1 aliphatic rings. The van der Waals surface area contributed by atoms with Crippen LogP contribution in [0.2, 0.25) is 0 Å². The minimum Gasteiger partial charge on any atom is -0.481 e. The first-order valence-electron chi connectivity index (χ1n) is 7.17. The largest absolute Gasteiger partial charge is 0.481 e. The lowest BCUT2D eigenvalue weighted by Gasteiger charge is -2.15. The fourth-order valence-corrected chi connectivity index (χ4v) is 4.46. The molecule has 2 rings (SSSR count). The number of sulfone groups is 1. The Balaban J connectivity index is 2.43. The molecular formula is C14H20N2O4S. The van der Waals surface area contributed by atoms with Crippen molar-refractivity contribution in [2.75, 3.05) is 11.5 Å². The number of carboxylic acid groups (broad SMARTS) is 1. The molecule has 1 atom stereocenters. The molecule has 0 bridgehead atoms. The molecule has 0 saturated carbocycles. The summed E-state index contributed by atoms with van der Waals surface area (Å²) in [6.45, 7) is 3.84. The van der Waals surface area contributed by atoms with Crippen LogP contribution in [0.4, 0.5) is 0 Å². The highest BCUT2D eigenvalue weighted by molar-refractivity contribution is 7.91. The van der Waals surface area contributed by atoms with Crippen molar-refractivity contribution in [1.82, 2.24) is 9.97 Å². The molecule has 116 valence electrons. The van der Waals surface area contributed by atoms with E-state index in [4.69, 9.17) is 5.11 Å². The summed E-state index contributed by atoms with van der Waals surface area (Å²) >= 11 is 0. The maximum atomic E-state index is 11.6. The minimum atomic E-state index is -2.99. The lowest BCUT2D eigenvalue weighted by atomic mass is 10.0. The Labute approximate surface area is 124 Å². The first kappa shape index (κ1) is 15.9. The van der Waals surface area contributed by atoms with Gasteiger partial charge in [-0.1, -0.05) is 13.8 Å². The Hall–Kier alpha value is -1.50. The lowest BCUT2D eigenvalue weighted by molar-refractivity contribution is -0.136. The van der Waals surface area contributed by atoms with Gasteiger partial charge in [-0.15, -0.1) is 0 Å². The molecule has 0 amide bonds. The third-order valence-electron chi connectivity index (χ3n) is 3.79. The minimum absolute atomic E-state index is 0.0877. The summed E-state index contributed by atoms with van der Waals surface area (Å²) in [5, 5.41) is 9.02. The van der Waals surface area contributed by atoms with Crippen LogP contribution in [0.1, 0.15) is 49.0 Å². The Kier molecular flexibility index (Phi) is 4.61. The highest BCUT2D eigenvalue weighted by Crippen LogP contribution is 2.28. The van der Waals surface area contributed by atoms with Gasteiger partial charge in [0.15, 0.2) is 9.84 Å². The zero-order valence-corrected chi connectivity index (χ0v) is 13.1. The van der Waals surface area contributed by atoms with Crippen molar-refractivity contribution in [3.05, 3.63) is 22.8 Å². The van der Waals surface area contributed by atoms with E-state index in [1.807, 2.05) is 13.8 Å². The molecule has 1 fully saturated rings. The van der Waals surface area contributed by atoms with Gasteiger partial charge in [-0.3, -0.25) is 4.79 Å². The highest BCUT2D eigenvalue weighted by atomic mass is 32.2. The fraction of sp³-hybridized carbons (Fsp3) is 0.643. The highest BCUT2D eigenvalue weighted by Gasteiger charge is 2.31. The summed E-state index contributed by atoms with van der Waals surface area (Å²) in [6, 6.07) is 0. The molecule has 1 saturated heterocycles. The molecule has 21 heavy (non-hydrogen) atoms. The molecule has 0 spiro atoms. The van der Waals surface area contributed by atoms with Crippen LogP contribution < -0.4 is 0 Å². The number of aryl methyl sites for hydroxylation is 2. The summed E-state index contributed by atoms with van der Waals surface area (Å²) in [6.07, 6.45) is 1.69. The molecular weight excluding hydrogens is 292 g/mol. The van der Waals surface area contributed by atoms with Gasteiger partial charge < -0.3 is 5.11 Å². The molecule has 1 N–H and O–H groups in total. The van der Waals surface area contributed by atoms with Crippen molar-refractivity contribution in [1.29, 1.82) is 0 Å². The third-order valence-corrected chi connectivity index (χ3v) is 5.56. The summed E-state index contributed by atoms with van der Waals surface area (Å²) in [7, 11) is -2.99. The van der Waals surface area contributed by atoms with Crippen LogP contribution in [-0.2, 0) is 33.9 Å². The molecule has 0 aromatic carbocycles. The summed E-state index contributed by atoms with van der Waals surface area (Å²) in [5.41, 5.74) is 2.13. The van der Waals surface area contributed by atoms with E-state index in [-0.39, 0.29) is 23.8 Å². The zero-order chi connectivity index (χ0) is 15.6. The van der Waals surface area contributed by atoms with Crippen LogP contribution in [-0.4, -0.2) is 41.0 Å². The molecule has 0 radical (unpaired) electrons. The molecule has 1 aromatic heterocycles. The molecule has 6 nitrogen and oxygen atoms in total. The van der Waals surface area contributed by atoms with Gasteiger partial charge >= 0.3 is 5.97 Å². The lowest BCUT2D eigenvalue weighted by Crippen LogP contribution is -2.15. The van der Waals surface area contributed by atoms with E-state index < -0.39 is 15.8 Å². The second kappa shape index (κ2) is 6.09. The van der Waals surface area contributed by atoms with E-state index in [1.54, 1.807) is 0 Å². The number of aromatic nitrogens is 2. The van der Waals surface area contributed by atoms with Gasteiger partial charge in [0, 0.05) is 22.9 Å². The second-order valence-electron chi connectivity index (χ2n) is 5.33. The fourth-order valence-electron chi connectivity index (χ4n) is 2.72. The quantitative estimate of drug-likeness (QED) is 0.875. The number of nitrogens with zero attached hydrogens (tertiary/aromatic N) is 2. The Morgan fingerprint density at radius 2 is 1.81 bits per heavy atom. The van der Waals surface area contributed by atoms with Crippen molar-refractivity contribution < 1.29 is 18.3 Å². The van der Waals surface area contributed by atoms with Crippen LogP contribution in [0.25, 0.3) is 0 Å². The van der Waals surface area contributed by atoms with Gasteiger partial charge in [-0.05, 0) is 19.3 Å². The summed E-state index contributed by atoms with van der Waals surface area (Å²) in [5.74, 6) is -0.235. The second-order valence-corrected chi connectivity index (χ2v) is 7.56. The molecule has 0 aliphatic carbocycles. The zero-order valence-electron chi connectivity index (χ0n) is 12.3. The average molecular weight is 312 g/mol. The predicted molar refractivity (Wildman–Crippen MR) is 78.1 cm³/mol.